The van der Waals surface area contributed by atoms with Crippen molar-refractivity contribution in [2.24, 2.45) is 23.2 Å². The van der Waals surface area contributed by atoms with Crippen LogP contribution < -0.4 is 0 Å². The molecular weight excluding hydrogens is 268 g/mol. The Kier molecular flexibility index (Phi) is 3.44. The van der Waals surface area contributed by atoms with E-state index >= 15 is 0 Å². The van der Waals surface area contributed by atoms with Crippen molar-refractivity contribution in [2.75, 3.05) is 0 Å². The third-order valence-corrected chi connectivity index (χ3v) is 6.97. The van der Waals surface area contributed by atoms with Gasteiger partial charge < -0.3 is 5.11 Å². The van der Waals surface area contributed by atoms with Gasteiger partial charge in [0.1, 0.15) is 5.75 Å². The second-order valence-corrected chi connectivity index (χ2v) is 9.55. The topological polar surface area (TPSA) is 20.2 Å². The first-order valence-corrected chi connectivity index (χ1v) is 8.87. The number of rotatable bonds is 1. The lowest BCUT2D eigenvalue weighted by molar-refractivity contribution is 0.121. The highest BCUT2D eigenvalue weighted by atomic mass is 16.3. The van der Waals surface area contributed by atoms with Crippen molar-refractivity contribution >= 4 is 0 Å². The van der Waals surface area contributed by atoms with Crippen LogP contribution >= 0.6 is 0 Å². The molecule has 1 N–H and O–H groups in total. The van der Waals surface area contributed by atoms with Gasteiger partial charge in [0.05, 0.1) is 0 Å². The van der Waals surface area contributed by atoms with Gasteiger partial charge in [-0.2, -0.15) is 0 Å². The van der Waals surface area contributed by atoms with Crippen LogP contribution in [-0.4, -0.2) is 5.11 Å². The molecule has 22 heavy (non-hydrogen) atoms. The highest BCUT2D eigenvalue weighted by Crippen LogP contribution is 2.65. The zero-order chi connectivity index (χ0) is 16.4. The van der Waals surface area contributed by atoms with Gasteiger partial charge >= 0.3 is 0 Å². The van der Waals surface area contributed by atoms with E-state index in [2.05, 4.69) is 60.6 Å². The van der Waals surface area contributed by atoms with Gasteiger partial charge in [-0.3, -0.25) is 0 Å². The molecule has 0 saturated heterocycles. The number of aryl methyl sites for hydroxylation is 1. The molecule has 2 aliphatic carbocycles. The Balaban J connectivity index is 2.03. The highest BCUT2D eigenvalue weighted by Gasteiger charge is 2.55. The Morgan fingerprint density at radius 3 is 2.27 bits per heavy atom. The summed E-state index contributed by atoms with van der Waals surface area (Å²) in [5.41, 5.74) is 4.07. The predicted molar refractivity (Wildman–Crippen MR) is 93.4 cm³/mol. The van der Waals surface area contributed by atoms with E-state index in [9.17, 15) is 5.11 Å². The minimum absolute atomic E-state index is 0.00659. The zero-order valence-corrected chi connectivity index (χ0v) is 15.3. The van der Waals surface area contributed by atoms with Crippen LogP contribution in [0.4, 0.5) is 0 Å². The molecule has 0 amide bonds. The predicted octanol–water partition coefficient (Wildman–Crippen LogP) is 5.78. The smallest absolute Gasteiger partial charge is 0.122 e. The molecule has 2 aliphatic rings. The number of fused-ring (bicyclic) bond motifs is 2. The third kappa shape index (κ3) is 2.20. The van der Waals surface area contributed by atoms with Crippen molar-refractivity contribution in [3.8, 4) is 5.75 Å². The normalized spacial score (nSPS) is 33.4. The van der Waals surface area contributed by atoms with Gasteiger partial charge in [-0.25, -0.2) is 0 Å². The number of phenolic OH excluding ortho intramolecular Hbond substituents is 1. The minimum atomic E-state index is -0.00659. The third-order valence-electron chi connectivity index (χ3n) is 6.97. The molecule has 2 bridgehead atoms. The number of aromatic hydroxyl groups is 1. The molecule has 3 rings (SSSR count). The first-order chi connectivity index (χ1) is 10.0. The summed E-state index contributed by atoms with van der Waals surface area (Å²) in [7, 11) is 0. The monoisotopic (exact) mass is 300 g/mol. The molecule has 0 unspecified atom stereocenters. The summed E-state index contributed by atoms with van der Waals surface area (Å²) in [5, 5.41) is 11.0. The Hall–Kier alpha value is -0.980. The maximum Gasteiger partial charge on any atom is 0.122 e. The first-order valence-electron chi connectivity index (χ1n) is 8.87. The molecule has 0 aromatic heterocycles. The van der Waals surface area contributed by atoms with Crippen LogP contribution in [0, 0.1) is 30.1 Å². The van der Waals surface area contributed by atoms with Crippen LogP contribution in [0.15, 0.2) is 12.1 Å². The lowest BCUT2D eigenvalue weighted by Gasteiger charge is -2.40. The lowest BCUT2D eigenvalue weighted by Crippen LogP contribution is -2.32. The average Bonchev–Trinajstić information content (AvgIpc) is 2.91. The summed E-state index contributed by atoms with van der Waals surface area (Å²) in [6.45, 7) is 16.0. The average molecular weight is 300 g/mol. The van der Waals surface area contributed by atoms with Crippen LogP contribution in [0.3, 0.4) is 0 Å². The Morgan fingerprint density at radius 1 is 1.14 bits per heavy atom. The van der Waals surface area contributed by atoms with E-state index in [0.29, 0.717) is 17.1 Å². The van der Waals surface area contributed by atoms with E-state index in [1.807, 2.05) is 0 Å². The molecule has 0 heterocycles. The molecule has 0 aliphatic heterocycles. The Bertz CT molecular complexity index is 587. The van der Waals surface area contributed by atoms with E-state index in [4.69, 9.17) is 0 Å². The van der Waals surface area contributed by atoms with Crippen molar-refractivity contribution in [3.63, 3.8) is 0 Å². The van der Waals surface area contributed by atoms with Gasteiger partial charge in [-0.15, -0.1) is 0 Å². The maximum absolute atomic E-state index is 11.0. The van der Waals surface area contributed by atoms with Crippen LogP contribution in [0.1, 0.15) is 77.0 Å². The van der Waals surface area contributed by atoms with Gasteiger partial charge in [0.2, 0.25) is 0 Å². The van der Waals surface area contributed by atoms with Gasteiger partial charge in [-0.1, -0.05) is 59.2 Å². The molecular formula is C21H32O. The quantitative estimate of drug-likeness (QED) is 0.696. The van der Waals surface area contributed by atoms with E-state index in [1.54, 1.807) is 0 Å². The SMILES string of the molecule is Cc1cc([C@H]2C[C@H]3C[C@@H]2[C@H](C)C3(C)C)c(O)c(C(C)(C)C)c1. The van der Waals surface area contributed by atoms with Gasteiger partial charge in [0, 0.05) is 0 Å². The molecule has 1 aromatic rings. The fourth-order valence-corrected chi connectivity index (χ4v) is 5.17. The second kappa shape index (κ2) is 4.76. The van der Waals surface area contributed by atoms with Crippen LogP contribution in [0.2, 0.25) is 0 Å². The summed E-state index contributed by atoms with van der Waals surface area (Å²) < 4.78 is 0. The van der Waals surface area contributed by atoms with Crippen LogP contribution in [0.25, 0.3) is 0 Å². The Morgan fingerprint density at radius 2 is 1.77 bits per heavy atom. The molecule has 1 nitrogen and oxygen atoms in total. The molecule has 2 fully saturated rings. The number of benzene rings is 1. The second-order valence-electron chi connectivity index (χ2n) is 9.55. The number of hydrogen-bond donors (Lipinski definition) is 1. The molecule has 1 aromatic carbocycles. The standard InChI is InChI=1S/C21H32O/c1-12-8-17(19(22)18(9-12)20(3,4)5)16-11-14-10-15(16)13(2)21(14,6)7/h8-9,13-16,22H,10-11H2,1-7H3/t13-,14+,15+,16-/m0/s1. The minimum Gasteiger partial charge on any atom is -0.507 e. The van der Waals surface area contributed by atoms with Crippen molar-refractivity contribution in [2.45, 2.75) is 72.6 Å². The van der Waals surface area contributed by atoms with Crippen LogP contribution in [-0.2, 0) is 5.41 Å². The summed E-state index contributed by atoms with van der Waals surface area (Å²) in [6.07, 6.45) is 2.60. The lowest BCUT2D eigenvalue weighted by atomic mass is 9.64. The van der Waals surface area contributed by atoms with Crippen molar-refractivity contribution in [1.29, 1.82) is 0 Å². The highest BCUT2D eigenvalue weighted by molar-refractivity contribution is 5.49. The number of hydrogen-bond acceptors (Lipinski definition) is 1. The summed E-state index contributed by atoms with van der Waals surface area (Å²) in [5.74, 6) is 3.42. The largest absolute Gasteiger partial charge is 0.507 e. The van der Waals surface area contributed by atoms with Crippen molar-refractivity contribution in [1.82, 2.24) is 0 Å². The molecule has 0 radical (unpaired) electrons. The summed E-state index contributed by atoms with van der Waals surface area (Å²) in [6, 6.07) is 4.41. The zero-order valence-electron chi connectivity index (χ0n) is 15.3. The van der Waals surface area contributed by atoms with Crippen molar-refractivity contribution < 1.29 is 5.11 Å². The molecule has 0 spiro atoms. The van der Waals surface area contributed by atoms with Gasteiger partial charge in [-0.05, 0) is 65.4 Å². The molecule has 1 heteroatoms. The van der Waals surface area contributed by atoms with Crippen LogP contribution in [0.5, 0.6) is 5.75 Å². The van der Waals surface area contributed by atoms with E-state index in [0.717, 1.165) is 23.3 Å². The molecule has 2 saturated carbocycles. The van der Waals surface area contributed by atoms with E-state index in [1.165, 1.54) is 24.0 Å². The van der Waals surface area contributed by atoms with E-state index in [-0.39, 0.29) is 5.41 Å². The maximum atomic E-state index is 11.0. The first kappa shape index (κ1) is 15.9. The fourth-order valence-electron chi connectivity index (χ4n) is 5.17. The van der Waals surface area contributed by atoms with Crippen molar-refractivity contribution in [3.05, 3.63) is 28.8 Å². The Labute approximate surface area is 136 Å². The van der Waals surface area contributed by atoms with Gasteiger partial charge in [0.25, 0.3) is 0 Å². The molecule has 122 valence electrons. The van der Waals surface area contributed by atoms with Gasteiger partial charge in [0.15, 0.2) is 0 Å². The fraction of sp³-hybridized carbons (Fsp3) is 0.714. The molecule has 4 atom stereocenters. The summed E-state index contributed by atoms with van der Waals surface area (Å²) >= 11 is 0. The number of phenols is 1. The summed E-state index contributed by atoms with van der Waals surface area (Å²) in [4.78, 5) is 0. The van der Waals surface area contributed by atoms with E-state index < -0.39 is 0 Å².